The summed E-state index contributed by atoms with van der Waals surface area (Å²) in [5.74, 6) is -2.05. The van der Waals surface area contributed by atoms with Gasteiger partial charge in [0.25, 0.3) is 5.91 Å². The van der Waals surface area contributed by atoms with Crippen molar-refractivity contribution in [2.24, 2.45) is 11.1 Å². The highest BCUT2D eigenvalue weighted by molar-refractivity contribution is 6.52. The van der Waals surface area contributed by atoms with Crippen molar-refractivity contribution in [3.8, 4) is 5.75 Å². The Morgan fingerprint density at radius 2 is 1.74 bits per heavy atom. The number of ketones is 1. The quantitative estimate of drug-likeness (QED) is 0.597. The number of nitrogens with zero attached hydrogens (tertiary/aromatic N) is 2. The number of hydrogen-bond donors (Lipinski definition) is 0. The summed E-state index contributed by atoms with van der Waals surface area (Å²) in [5.41, 5.74) is 0.601. The van der Waals surface area contributed by atoms with Gasteiger partial charge in [-0.25, -0.2) is 4.90 Å². The molecule has 0 spiro atoms. The molecule has 0 aliphatic carbocycles. The Morgan fingerprint density at radius 3 is 2.37 bits per heavy atom. The molecule has 0 unspecified atom stereocenters. The Morgan fingerprint density at radius 1 is 1.07 bits per heavy atom. The summed E-state index contributed by atoms with van der Waals surface area (Å²) >= 11 is 5.84. The smallest absolute Gasteiger partial charge is 0.278 e. The third-order valence-electron chi connectivity index (χ3n) is 4.48. The molecule has 136 valence electrons. The van der Waals surface area contributed by atoms with Crippen molar-refractivity contribution < 1.29 is 24.0 Å². The number of amides is 2. The van der Waals surface area contributed by atoms with Crippen LogP contribution >= 0.6 is 11.6 Å². The lowest BCUT2D eigenvalue weighted by atomic mass is 9.93. The summed E-state index contributed by atoms with van der Waals surface area (Å²) in [6.45, 7) is 0. The van der Waals surface area contributed by atoms with E-state index in [0.717, 1.165) is 4.90 Å². The average Bonchev–Trinajstić information content (AvgIpc) is 3.22. The van der Waals surface area contributed by atoms with E-state index in [1.165, 1.54) is 19.2 Å². The van der Waals surface area contributed by atoms with Gasteiger partial charge in [-0.3, -0.25) is 14.4 Å². The van der Waals surface area contributed by atoms with Crippen molar-refractivity contribution in [2.45, 2.75) is 6.10 Å². The van der Waals surface area contributed by atoms with Gasteiger partial charge in [0.2, 0.25) is 17.8 Å². The molecule has 2 amide bonds. The molecule has 1 saturated heterocycles. The van der Waals surface area contributed by atoms with Gasteiger partial charge in [0, 0.05) is 10.6 Å². The zero-order valence-corrected chi connectivity index (χ0v) is 14.8. The molecule has 0 radical (unpaired) electrons. The van der Waals surface area contributed by atoms with Gasteiger partial charge in [-0.15, -0.1) is 0 Å². The maximum atomic E-state index is 12.9. The third kappa shape index (κ3) is 2.76. The first-order valence-corrected chi connectivity index (χ1v) is 8.45. The highest BCUT2D eigenvalue weighted by Crippen LogP contribution is 2.34. The van der Waals surface area contributed by atoms with Gasteiger partial charge in [-0.2, -0.15) is 0 Å². The lowest BCUT2D eigenvalue weighted by molar-refractivity contribution is -0.126. The molecule has 0 bridgehead atoms. The molecule has 8 heteroatoms. The second-order valence-corrected chi connectivity index (χ2v) is 6.46. The van der Waals surface area contributed by atoms with Crippen molar-refractivity contribution in [2.75, 3.05) is 12.0 Å². The number of ether oxygens (including phenoxy) is 1. The Labute approximate surface area is 159 Å². The fourth-order valence-corrected chi connectivity index (χ4v) is 3.23. The van der Waals surface area contributed by atoms with Crippen molar-refractivity contribution in [1.82, 2.24) is 0 Å². The van der Waals surface area contributed by atoms with Crippen LogP contribution in [0.15, 0.2) is 53.7 Å². The number of rotatable bonds is 4. The minimum Gasteiger partial charge on any atom is -0.497 e. The van der Waals surface area contributed by atoms with Crippen LogP contribution in [-0.2, 0) is 14.4 Å². The molecule has 0 aromatic heterocycles. The lowest BCUT2D eigenvalue weighted by Gasteiger charge is -2.15. The minimum absolute atomic E-state index is 0.0864. The molecule has 1 fully saturated rings. The number of anilines is 1. The Kier molecular flexibility index (Phi) is 4.16. The van der Waals surface area contributed by atoms with Gasteiger partial charge >= 0.3 is 0 Å². The summed E-state index contributed by atoms with van der Waals surface area (Å²) in [6, 6.07) is 12.6. The molecule has 2 heterocycles. The van der Waals surface area contributed by atoms with Crippen LogP contribution in [0.25, 0.3) is 0 Å². The molecule has 2 aliphatic rings. The number of carbonyl (C=O) groups excluding carboxylic acids is 3. The van der Waals surface area contributed by atoms with E-state index in [1.807, 2.05) is 0 Å². The molecule has 7 nitrogen and oxygen atoms in total. The Balaban J connectivity index is 1.63. The summed E-state index contributed by atoms with van der Waals surface area (Å²) < 4.78 is 5.08. The summed E-state index contributed by atoms with van der Waals surface area (Å²) in [7, 11) is 1.52. The van der Waals surface area contributed by atoms with Crippen molar-refractivity contribution in [3.05, 3.63) is 59.1 Å². The second kappa shape index (κ2) is 6.51. The van der Waals surface area contributed by atoms with E-state index in [1.54, 1.807) is 36.4 Å². The molecular weight excluding hydrogens is 372 g/mol. The highest BCUT2D eigenvalue weighted by Gasteiger charge is 2.57. The van der Waals surface area contributed by atoms with E-state index in [9.17, 15) is 14.4 Å². The first-order chi connectivity index (χ1) is 13.0. The number of oxime groups is 1. The number of carbonyl (C=O) groups is 3. The zero-order valence-electron chi connectivity index (χ0n) is 14.1. The molecule has 4 rings (SSSR count). The second-order valence-electron chi connectivity index (χ2n) is 6.03. The van der Waals surface area contributed by atoms with Gasteiger partial charge in [0.05, 0.1) is 12.8 Å². The van der Waals surface area contributed by atoms with Gasteiger partial charge < -0.3 is 9.57 Å². The van der Waals surface area contributed by atoms with Crippen LogP contribution in [-0.4, -0.2) is 36.5 Å². The largest absolute Gasteiger partial charge is 0.497 e. The molecule has 0 N–H and O–H groups in total. The summed E-state index contributed by atoms with van der Waals surface area (Å²) in [4.78, 5) is 44.4. The SMILES string of the molecule is COc1ccc(N2C(=O)[C@@H]3C(C(=O)c4ccc(Cl)cc4)=NO[C@@H]3C2=O)cc1. The fourth-order valence-electron chi connectivity index (χ4n) is 3.10. The van der Waals surface area contributed by atoms with Crippen LogP contribution in [0.2, 0.25) is 5.02 Å². The number of fused-ring (bicyclic) bond motifs is 1. The van der Waals surface area contributed by atoms with Gasteiger partial charge in [-0.05, 0) is 48.5 Å². The van der Waals surface area contributed by atoms with Crippen LogP contribution in [0, 0.1) is 5.92 Å². The van der Waals surface area contributed by atoms with E-state index < -0.39 is 29.6 Å². The maximum Gasteiger partial charge on any atom is 0.278 e. The van der Waals surface area contributed by atoms with E-state index in [4.69, 9.17) is 21.2 Å². The monoisotopic (exact) mass is 384 g/mol. The van der Waals surface area contributed by atoms with Crippen LogP contribution in [0.5, 0.6) is 5.75 Å². The number of methoxy groups -OCH3 is 1. The number of halogens is 1. The molecule has 27 heavy (non-hydrogen) atoms. The van der Waals surface area contributed by atoms with Gasteiger partial charge in [-0.1, -0.05) is 16.8 Å². The Hall–Kier alpha value is -3.19. The lowest BCUT2D eigenvalue weighted by Crippen LogP contribution is -2.34. The predicted octanol–water partition coefficient (Wildman–Crippen LogP) is 2.48. The predicted molar refractivity (Wildman–Crippen MR) is 97.1 cm³/mol. The molecule has 2 aromatic carbocycles. The maximum absolute atomic E-state index is 12.9. The first-order valence-electron chi connectivity index (χ1n) is 8.07. The van der Waals surface area contributed by atoms with Crippen LogP contribution in [0.3, 0.4) is 0 Å². The van der Waals surface area contributed by atoms with Gasteiger partial charge in [0.1, 0.15) is 17.4 Å². The third-order valence-corrected chi connectivity index (χ3v) is 4.73. The van der Waals surface area contributed by atoms with Crippen LogP contribution < -0.4 is 9.64 Å². The zero-order chi connectivity index (χ0) is 19.1. The standard InChI is InChI=1S/C19H13ClN2O5/c1-26-13-8-6-12(7-9-13)22-18(24)14-15(21-27-17(14)19(22)25)16(23)10-2-4-11(20)5-3-10/h2-9,14,17H,1H3/t14-,17+/m1/s1. The normalized spacial score (nSPS) is 21.0. The molecular formula is C19H13ClN2O5. The number of Topliss-reactive ketones (excluding diaryl/α,β-unsaturated/α-hetero) is 1. The van der Waals surface area contributed by atoms with Crippen LogP contribution in [0.4, 0.5) is 5.69 Å². The van der Waals surface area contributed by atoms with E-state index in [0.29, 0.717) is 22.0 Å². The topological polar surface area (TPSA) is 85.3 Å². The number of benzene rings is 2. The van der Waals surface area contributed by atoms with Gasteiger partial charge in [0.15, 0.2) is 0 Å². The van der Waals surface area contributed by atoms with E-state index >= 15 is 0 Å². The van der Waals surface area contributed by atoms with E-state index in [-0.39, 0.29) is 5.71 Å². The van der Waals surface area contributed by atoms with Crippen molar-refractivity contribution >= 4 is 40.6 Å². The Bertz CT molecular complexity index is 969. The fraction of sp³-hybridized carbons (Fsp3) is 0.158. The highest BCUT2D eigenvalue weighted by atomic mass is 35.5. The average molecular weight is 385 g/mol. The van der Waals surface area contributed by atoms with E-state index in [2.05, 4.69) is 5.16 Å². The summed E-state index contributed by atoms with van der Waals surface area (Å²) in [6.07, 6.45) is -1.13. The van der Waals surface area contributed by atoms with Crippen molar-refractivity contribution in [1.29, 1.82) is 0 Å². The number of imide groups is 1. The molecule has 2 aromatic rings. The molecule has 2 atom stereocenters. The molecule has 2 aliphatic heterocycles. The number of hydrogen-bond acceptors (Lipinski definition) is 6. The summed E-state index contributed by atoms with van der Waals surface area (Å²) in [5, 5.41) is 4.20. The van der Waals surface area contributed by atoms with Crippen LogP contribution in [0.1, 0.15) is 10.4 Å². The first kappa shape index (κ1) is 17.2. The van der Waals surface area contributed by atoms with Crippen molar-refractivity contribution in [3.63, 3.8) is 0 Å². The minimum atomic E-state index is -1.13. The molecule has 0 saturated carbocycles.